The van der Waals surface area contributed by atoms with E-state index in [2.05, 4.69) is 0 Å². The third kappa shape index (κ3) is 5.74. The summed E-state index contributed by atoms with van der Waals surface area (Å²) in [5.41, 5.74) is 0.739. The SMILES string of the molecule is C[C@@H]1O[C@H](O)[C@H](OC(=O)c2ccccc2)[C@H](OC(=O)c2ccccc2)[C@H]1OC(=O)c1ccccc1. The molecule has 0 unspecified atom stereocenters. The molecule has 0 spiro atoms. The van der Waals surface area contributed by atoms with Gasteiger partial charge in [-0.25, -0.2) is 14.4 Å². The Balaban J connectivity index is 1.63. The van der Waals surface area contributed by atoms with Crippen molar-refractivity contribution in [3.05, 3.63) is 108 Å². The van der Waals surface area contributed by atoms with Gasteiger partial charge in [0.15, 0.2) is 24.6 Å². The maximum absolute atomic E-state index is 12.9. The minimum atomic E-state index is -1.63. The van der Waals surface area contributed by atoms with E-state index in [4.69, 9.17) is 18.9 Å². The van der Waals surface area contributed by atoms with E-state index in [-0.39, 0.29) is 16.7 Å². The molecule has 1 fully saturated rings. The number of carbonyl (C=O) groups excluding carboxylic acids is 3. The summed E-state index contributed by atoms with van der Waals surface area (Å²) in [7, 11) is 0. The Hall–Kier alpha value is -4.01. The van der Waals surface area contributed by atoms with Crippen LogP contribution >= 0.6 is 0 Å². The van der Waals surface area contributed by atoms with E-state index in [0.29, 0.717) is 0 Å². The van der Waals surface area contributed by atoms with Crippen LogP contribution < -0.4 is 0 Å². The number of benzene rings is 3. The molecule has 8 heteroatoms. The molecule has 4 rings (SSSR count). The minimum Gasteiger partial charge on any atom is -0.452 e. The summed E-state index contributed by atoms with van der Waals surface area (Å²) < 4.78 is 22.4. The van der Waals surface area contributed by atoms with Crippen LogP contribution in [0, 0.1) is 0 Å². The van der Waals surface area contributed by atoms with Gasteiger partial charge in [0.2, 0.25) is 0 Å². The van der Waals surface area contributed by atoms with Crippen molar-refractivity contribution < 1.29 is 38.4 Å². The molecule has 180 valence electrons. The lowest BCUT2D eigenvalue weighted by Crippen LogP contribution is -2.60. The Morgan fingerprint density at radius 1 is 0.600 bits per heavy atom. The van der Waals surface area contributed by atoms with Gasteiger partial charge in [0.25, 0.3) is 0 Å². The summed E-state index contributed by atoms with van der Waals surface area (Å²) in [6.45, 7) is 1.56. The average Bonchev–Trinajstić information content (AvgIpc) is 2.89. The molecule has 35 heavy (non-hydrogen) atoms. The molecular weight excluding hydrogens is 452 g/mol. The molecule has 5 atom stereocenters. The molecule has 1 aliphatic heterocycles. The van der Waals surface area contributed by atoms with Crippen molar-refractivity contribution in [3.63, 3.8) is 0 Å². The first kappa shape index (κ1) is 24.1. The summed E-state index contributed by atoms with van der Waals surface area (Å²) in [5, 5.41) is 10.6. The third-order valence-electron chi connectivity index (χ3n) is 5.50. The fourth-order valence-electron chi connectivity index (χ4n) is 3.71. The standard InChI is InChI=1S/C27H24O8/c1-17-21(33-24(28)18-11-5-2-6-12-18)22(34-25(29)19-13-7-3-8-14-19)23(27(31)32-17)35-26(30)20-15-9-4-10-16-20/h2-17,21-23,27,31H,1H3/t17-,21-,22+,23+,27-/m0/s1. The highest BCUT2D eigenvalue weighted by Crippen LogP contribution is 2.29. The lowest BCUT2D eigenvalue weighted by molar-refractivity contribution is -0.275. The lowest BCUT2D eigenvalue weighted by Gasteiger charge is -2.42. The minimum absolute atomic E-state index is 0.226. The Labute approximate surface area is 202 Å². The van der Waals surface area contributed by atoms with Crippen molar-refractivity contribution in [1.29, 1.82) is 0 Å². The number of rotatable bonds is 6. The van der Waals surface area contributed by atoms with E-state index in [1.54, 1.807) is 97.9 Å². The number of aliphatic hydroxyl groups is 1. The molecule has 1 aliphatic rings. The van der Waals surface area contributed by atoms with Crippen LogP contribution in [0.4, 0.5) is 0 Å². The third-order valence-corrected chi connectivity index (χ3v) is 5.50. The summed E-state index contributed by atoms with van der Waals surface area (Å²) in [6, 6.07) is 24.6. The Bertz CT molecular complexity index is 1080. The maximum atomic E-state index is 12.9. The van der Waals surface area contributed by atoms with Gasteiger partial charge < -0.3 is 24.1 Å². The molecule has 1 saturated heterocycles. The van der Waals surface area contributed by atoms with Crippen molar-refractivity contribution in [1.82, 2.24) is 0 Å². The van der Waals surface area contributed by atoms with Gasteiger partial charge in [0.05, 0.1) is 22.8 Å². The number of hydrogen-bond acceptors (Lipinski definition) is 8. The number of carbonyl (C=O) groups is 3. The summed E-state index contributed by atoms with van der Waals surface area (Å²) in [5.74, 6) is -2.18. The first-order valence-corrected chi connectivity index (χ1v) is 11.1. The molecule has 1 heterocycles. The van der Waals surface area contributed by atoms with Gasteiger partial charge >= 0.3 is 17.9 Å². The van der Waals surface area contributed by atoms with Crippen molar-refractivity contribution in [2.24, 2.45) is 0 Å². The average molecular weight is 476 g/mol. The number of aliphatic hydroxyl groups excluding tert-OH is 1. The zero-order valence-corrected chi connectivity index (χ0v) is 18.9. The van der Waals surface area contributed by atoms with Crippen LogP contribution in [0.5, 0.6) is 0 Å². The van der Waals surface area contributed by atoms with Crippen LogP contribution in [-0.4, -0.2) is 53.7 Å². The van der Waals surface area contributed by atoms with Crippen LogP contribution in [-0.2, 0) is 18.9 Å². The van der Waals surface area contributed by atoms with Crippen molar-refractivity contribution in [3.8, 4) is 0 Å². The monoisotopic (exact) mass is 476 g/mol. The van der Waals surface area contributed by atoms with Crippen LogP contribution in [0.25, 0.3) is 0 Å². The molecule has 0 aromatic heterocycles. The predicted molar refractivity (Wildman–Crippen MR) is 123 cm³/mol. The van der Waals surface area contributed by atoms with E-state index in [1.165, 1.54) is 0 Å². The lowest BCUT2D eigenvalue weighted by atomic mass is 9.98. The van der Waals surface area contributed by atoms with Crippen LogP contribution in [0.15, 0.2) is 91.0 Å². The normalized spacial score (nSPS) is 23.7. The van der Waals surface area contributed by atoms with E-state index < -0.39 is 48.6 Å². The Morgan fingerprint density at radius 2 is 0.943 bits per heavy atom. The fourth-order valence-corrected chi connectivity index (χ4v) is 3.71. The smallest absolute Gasteiger partial charge is 0.338 e. The number of ether oxygens (including phenoxy) is 4. The van der Waals surface area contributed by atoms with Gasteiger partial charge in [0, 0.05) is 0 Å². The second-order valence-corrected chi connectivity index (χ2v) is 7.94. The van der Waals surface area contributed by atoms with E-state index in [1.807, 2.05) is 0 Å². The largest absolute Gasteiger partial charge is 0.452 e. The van der Waals surface area contributed by atoms with Gasteiger partial charge in [-0.05, 0) is 43.3 Å². The van der Waals surface area contributed by atoms with Crippen LogP contribution in [0.3, 0.4) is 0 Å². The molecule has 0 saturated carbocycles. The van der Waals surface area contributed by atoms with Gasteiger partial charge in [-0.2, -0.15) is 0 Å². The molecular formula is C27H24O8. The van der Waals surface area contributed by atoms with Gasteiger partial charge in [-0.1, -0.05) is 54.6 Å². The Kier molecular flexibility index (Phi) is 7.54. The number of hydrogen-bond donors (Lipinski definition) is 1. The second kappa shape index (κ2) is 10.9. The molecule has 3 aromatic rings. The highest BCUT2D eigenvalue weighted by molar-refractivity contribution is 5.91. The maximum Gasteiger partial charge on any atom is 0.338 e. The highest BCUT2D eigenvalue weighted by Gasteiger charge is 2.50. The Morgan fingerprint density at radius 3 is 1.34 bits per heavy atom. The van der Waals surface area contributed by atoms with Crippen molar-refractivity contribution in [2.45, 2.75) is 37.6 Å². The van der Waals surface area contributed by atoms with Crippen LogP contribution in [0.2, 0.25) is 0 Å². The van der Waals surface area contributed by atoms with E-state index in [9.17, 15) is 19.5 Å². The first-order valence-electron chi connectivity index (χ1n) is 11.1. The zero-order chi connectivity index (χ0) is 24.8. The van der Waals surface area contributed by atoms with E-state index in [0.717, 1.165) is 0 Å². The molecule has 8 nitrogen and oxygen atoms in total. The first-order chi connectivity index (χ1) is 16.9. The van der Waals surface area contributed by atoms with Gasteiger partial charge in [-0.3, -0.25) is 0 Å². The molecule has 0 aliphatic carbocycles. The highest BCUT2D eigenvalue weighted by atomic mass is 16.7. The van der Waals surface area contributed by atoms with Crippen LogP contribution in [0.1, 0.15) is 38.0 Å². The fraction of sp³-hybridized carbons (Fsp3) is 0.222. The number of esters is 3. The quantitative estimate of drug-likeness (QED) is 0.426. The second-order valence-electron chi connectivity index (χ2n) is 7.94. The van der Waals surface area contributed by atoms with Gasteiger partial charge in [-0.15, -0.1) is 0 Å². The molecule has 0 amide bonds. The molecule has 0 radical (unpaired) electrons. The summed E-state index contributed by atoms with van der Waals surface area (Å²) in [4.78, 5) is 38.5. The summed E-state index contributed by atoms with van der Waals surface area (Å²) in [6.07, 6.45) is -6.48. The zero-order valence-electron chi connectivity index (χ0n) is 18.9. The van der Waals surface area contributed by atoms with Crippen molar-refractivity contribution >= 4 is 17.9 Å². The molecule has 0 bridgehead atoms. The van der Waals surface area contributed by atoms with E-state index >= 15 is 0 Å². The molecule has 1 N–H and O–H groups in total. The summed E-state index contributed by atoms with van der Waals surface area (Å²) >= 11 is 0. The van der Waals surface area contributed by atoms with Crippen molar-refractivity contribution in [2.75, 3.05) is 0 Å². The molecule has 3 aromatic carbocycles. The van der Waals surface area contributed by atoms with Gasteiger partial charge in [0.1, 0.15) is 0 Å². The topological polar surface area (TPSA) is 108 Å². The predicted octanol–water partition coefficient (Wildman–Crippen LogP) is 3.40.